The highest BCUT2D eigenvalue weighted by molar-refractivity contribution is 7.13. The fourth-order valence-electron chi connectivity index (χ4n) is 4.13. The summed E-state index contributed by atoms with van der Waals surface area (Å²) in [6, 6.07) is 0.975. The molecule has 0 bridgehead atoms. The number of ether oxygens (including phenoxy) is 1. The molecule has 1 atom stereocenters. The van der Waals surface area contributed by atoms with Crippen LogP contribution in [0.5, 0.6) is 5.19 Å². The molecule has 1 aliphatic heterocycles. The minimum atomic E-state index is 0.122. The second-order valence-electron chi connectivity index (χ2n) is 7.59. The highest BCUT2D eigenvalue weighted by Gasteiger charge is 2.31. The molecule has 138 valence electrons. The van der Waals surface area contributed by atoms with E-state index in [1.54, 1.807) is 11.3 Å². The molecule has 1 saturated carbocycles. The van der Waals surface area contributed by atoms with Gasteiger partial charge in [-0.1, -0.05) is 24.7 Å². The smallest absolute Gasteiger partial charge is 0.273 e. The van der Waals surface area contributed by atoms with Gasteiger partial charge in [-0.15, -0.1) is 0 Å². The Morgan fingerprint density at radius 3 is 2.72 bits per heavy atom. The second-order valence-corrected chi connectivity index (χ2v) is 8.59. The summed E-state index contributed by atoms with van der Waals surface area (Å²) < 4.78 is 6.24. The lowest BCUT2D eigenvalue weighted by Gasteiger charge is -2.41. The van der Waals surface area contributed by atoms with Crippen LogP contribution in [-0.4, -0.2) is 41.0 Å². The lowest BCUT2D eigenvalue weighted by molar-refractivity contribution is -0.121. The van der Waals surface area contributed by atoms with Gasteiger partial charge in [-0.3, -0.25) is 4.79 Å². The third-order valence-corrected chi connectivity index (χ3v) is 7.02. The van der Waals surface area contributed by atoms with Gasteiger partial charge < -0.3 is 15.0 Å². The molecule has 1 unspecified atom stereocenters. The van der Waals surface area contributed by atoms with E-state index in [4.69, 9.17) is 9.72 Å². The Kier molecular flexibility index (Phi) is 5.27. The van der Waals surface area contributed by atoms with Crippen molar-refractivity contribution in [2.75, 3.05) is 13.1 Å². The molecule has 1 saturated heterocycles. The van der Waals surface area contributed by atoms with Crippen LogP contribution < -0.4 is 10.1 Å². The van der Waals surface area contributed by atoms with Crippen molar-refractivity contribution in [1.82, 2.24) is 15.2 Å². The first-order valence-corrected chi connectivity index (χ1v) is 10.7. The minimum absolute atomic E-state index is 0.122. The Hall–Kier alpha value is -1.14. The maximum atomic E-state index is 11.8. The number of hydrogen-bond donors (Lipinski definition) is 1. The summed E-state index contributed by atoms with van der Waals surface area (Å²) in [5.41, 5.74) is 1.14. The standard InChI is InChI=1S/C19H29N3O2S/c1-2-17(23)20-15-7-4-8-16-18(15)25-19(21-16)24-14-9-11-22(12-10-14)13-5-3-6-13/h13-15H,2-12H2,1H3,(H,20,23). The molecule has 1 aromatic rings. The number of nitrogens with one attached hydrogen (secondary N) is 1. The highest BCUT2D eigenvalue weighted by atomic mass is 32.1. The van der Waals surface area contributed by atoms with Gasteiger partial charge in [0.25, 0.3) is 5.19 Å². The predicted octanol–water partition coefficient (Wildman–Crippen LogP) is 3.44. The SMILES string of the molecule is CCC(=O)NC1CCCc2nc(OC3CCN(C4CCC4)CC3)sc21. The maximum absolute atomic E-state index is 11.8. The van der Waals surface area contributed by atoms with E-state index < -0.39 is 0 Å². The van der Waals surface area contributed by atoms with E-state index in [-0.39, 0.29) is 11.9 Å². The Bertz CT molecular complexity index is 606. The van der Waals surface area contributed by atoms with Crippen LogP contribution in [0, 0.1) is 0 Å². The number of carbonyl (C=O) groups excluding carboxylic acids is 1. The normalized spacial score (nSPS) is 25.2. The molecule has 1 amide bonds. The van der Waals surface area contributed by atoms with Crippen LogP contribution in [-0.2, 0) is 11.2 Å². The molecule has 4 rings (SSSR count). The first-order chi connectivity index (χ1) is 12.2. The molecule has 0 spiro atoms. The van der Waals surface area contributed by atoms with Crippen LogP contribution in [0.15, 0.2) is 0 Å². The van der Waals surface area contributed by atoms with Crippen LogP contribution in [0.4, 0.5) is 0 Å². The third kappa shape index (κ3) is 3.85. The number of piperidine rings is 1. The van der Waals surface area contributed by atoms with E-state index in [0.29, 0.717) is 12.5 Å². The van der Waals surface area contributed by atoms with Gasteiger partial charge in [0.2, 0.25) is 5.91 Å². The Balaban J connectivity index is 1.35. The number of rotatable bonds is 5. The quantitative estimate of drug-likeness (QED) is 0.871. The van der Waals surface area contributed by atoms with Gasteiger partial charge in [0.05, 0.1) is 16.6 Å². The van der Waals surface area contributed by atoms with E-state index in [1.807, 2.05) is 6.92 Å². The van der Waals surface area contributed by atoms with Gasteiger partial charge in [-0.05, 0) is 44.9 Å². The number of fused-ring (bicyclic) bond motifs is 1. The number of carbonyl (C=O) groups is 1. The maximum Gasteiger partial charge on any atom is 0.273 e. The summed E-state index contributed by atoms with van der Waals surface area (Å²) in [5, 5.41) is 3.95. The predicted molar refractivity (Wildman–Crippen MR) is 99.1 cm³/mol. The molecule has 2 aliphatic carbocycles. The molecule has 0 aromatic carbocycles. The fraction of sp³-hybridized carbons (Fsp3) is 0.789. The van der Waals surface area contributed by atoms with Crippen molar-refractivity contribution >= 4 is 17.2 Å². The zero-order chi connectivity index (χ0) is 17.2. The van der Waals surface area contributed by atoms with Crippen molar-refractivity contribution < 1.29 is 9.53 Å². The van der Waals surface area contributed by atoms with E-state index in [1.165, 1.54) is 24.1 Å². The fourth-order valence-corrected chi connectivity index (χ4v) is 5.25. The number of aryl methyl sites for hydroxylation is 1. The molecule has 25 heavy (non-hydrogen) atoms. The Labute approximate surface area is 154 Å². The molecule has 1 N–H and O–H groups in total. The average Bonchev–Trinajstić information content (AvgIpc) is 2.98. The molecule has 2 fully saturated rings. The van der Waals surface area contributed by atoms with Crippen molar-refractivity contribution in [3.05, 3.63) is 10.6 Å². The number of thiazole rings is 1. The highest BCUT2D eigenvalue weighted by Crippen LogP contribution is 2.38. The molecule has 1 aromatic heterocycles. The molecule has 0 radical (unpaired) electrons. The number of amides is 1. The molecule has 5 nitrogen and oxygen atoms in total. The summed E-state index contributed by atoms with van der Waals surface area (Å²) in [4.78, 5) is 20.4. The van der Waals surface area contributed by atoms with Crippen molar-refractivity contribution in [3.63, 3.8) is 0 Å². The van der Waals surface area contributed by atoms with Gasteiger partial charge in [0.15, 0.2) is 0 Å². The van der Waals surface area contributed by atoms with Crippen molar-refractivity contribution in [1.29, 1.82) is 0 Å². The van der Waals surface area contributed by atoms with Gasteiger partial charge in [0, 0.05) is 25.6 Å². The second kappa shape index (κ2) is 7.62. The topological polar surface area (TPSA) is 54.5 Å². The lowest BCUT2D eigenvalue weighted by atomic mass is 9.90. The molecule has 2 heterocycles. The average molecular weight is 364 g/mol. The van der Waals surface area contributed by atoms with Gasteiger partial charge in [-0.25, -0.2) is 4.98 Å². The van der Waals surface area contributed by atoms with Crippen molar-refractivity contribution in [2.24, 2.45) is 0 Å². The van der Waals surface area contributed by atoms with Crippen LogP contribution >= 0.6 is 11.3 Å². The minimum Gasteiger partial charge on any atom is -0.467 e. The number of hydrogen-bond acceptors (Lipinski definition) is 5. The zero-order valence-corrected chi connectivity index (χ0v) is 15.9. The Morgan fingerprint density at radius 2 is 2.04 bits per heavy atom. The van der Waals surface area contributed by atoms with E-state index in [0.717, 1.165) is 62.1 Å². The third-order valence-electron chi connectivity index (χ3n) is 5.92. The van der Waals surface area contributed by atoms with E-state index >= 15 is 0 Å². The van der Waals surface area contributed by atoms with Gasteiger partial charge >= 0.3 is 0 Å². The van der Waals surface area contributed by atoms with Crippen LogP contribution in [0.3, 0.4) is 0 Å². The summed E-state index contributed by atoms with van der Waals surface area (Å²) in [5.74, 6) is 0.122. The van der Waals surface area contributed by atoms with E-state index in [9.17, 15) is 4.79 Å². The first-order valence-electron chi connectivity index (χ1n) is 9.92. The van der Waals surface area contributed by atoms with Crippen molar-refractivity contribution in [3.8, 4) is 5.19 Å². The largest absolute Gasteiger partial charge is 0.467 e. The zero-order valence-electron chi connectivity index (χ0n) is 15.1. The summed E-state index contributed by atoms with van der Waals surface area (Å²) in [6.45, 7) is 4.22. The molecule has 6 heteroatoms. The number of aromatic nitrogens is 1. The van der Waals surface area contributed by atoms with Gasteiger partial charge in [-0.2, -0.15) is 0 Å². The summed E-state index contributed by atoms with van der Waals surface area (Å²) in [6.07, 6.45) is 10.3. The molecule has 3 aliphatic rings. The lowest BCUT2D eigenvalue weighted by Crippen LogP contribution is -2.46. The van der Waals surface area contributed by atoms with Crippen LogP contribution in [0.25, 0.3) is 0 Å². The van der Waals surface area contributed by atoms with Crippen LogP contribution in [0.1, 0.15) is 74.9 Å². The summed E-state index contributed by atoms with van der Waals surface area (Å²) in [7, 11) is 0. The van der Waals surface area contributed by atoms with Crippen LogP contribution in [0.2, 0.25) is 0 Å². The number of likely N-dealkylation sites (tertiary alicyclic amines) is 1. The first kappa shape index (κ1) is 17.3. The van der Waals surface area contributed by atoms with Crippen molar-refractivity contribution in [2.45, 2.75) is 82.9 Å². The number of nitrogens with zero attached hydrogens (tertiary/aromatic N) is 2. The molecular weight excluding hydrogens is 334 g/mol. The summed E-state index contributed by atoms with van der Waals surface area (Å²) >= 11 is 1.65. The molecular formula is C19H29N3O2S. The van der Waals surface area contributed by atoms with E-state index in [2.05, 4.69) is 10.2 Å². The Morgan fingerprint density at radius 1 is 1.24 bits per heavy atom. The van der Waals surface area contributed by atoms with Gasteiger partial charge in [0.1, 0.15) is 6.10 Å². The monoisotopic (exact) mass is 363 g/mol.